The van der Waals surface area contributed by atoms with Gasteiger partial charge in [-0.3, -0.25) is 9.59 Å². The second-order valence-corrected chi connectivity index (χ2v) is 7.75. The van der Waals surface area contributed by atoms with Crippen molar-refractivity contribution in [1.82, 2.24) is 9.55 Å². The van der Waals surface area contributed by atoms with Crippen LogP contribution >= 0.6 is 22.7 Å². The smallest absolute Gasteiger partial charge is 0.308 e. The van der Waals surface area contributed by atoms with Crippen molar-refractivity contribution in [1.29, 1.82) is 0 Å². The van der Waals surface area contributed by atoms with Crippen LogP contribution in [0.15, 0.2) is 47.5 Å². The van der Waals surface area contributed by atoms with Gasteiger partial charge in [-0.25, -0.2) is 4.98 Å². The SMILES string of the molecule is CC(=O)Nc1ccc2c(c1)sc(=NC(=O)c1nc3ccccc3s1)n2C. The number of aryl methyl sites for hydroxylation is 1. The maximum Gasteiger partial charge on any atom is 0.308 e. The summed E-state index contributed by atoms with van der Waals surface area (Å²) in [7, 11) is 1.86. The molecule has 8 heteroatoms. The van der Waals surface area contributed by atoms with Gasteiger partial charge in [0.2, 0.25) is 5.91 Å². The van der Waals surface area contributed by atoms with E-state index < -0.39 is 0 Å². The molecule has 0 bridgehead atoms. The summed E-state index contributed by atoms with van der Waals surface area (Å²) in [6, 6.07) is 13.2. The Bertz CT molecular complexity index is 1200. The van der Waals surface area contributed by atoms with E-state index in [0.717, 1.165) is 26.1 Å². The van der Waals surface area contributed by atoms with Gasteiger partial charge in [-0.15, -0.1) is 11.3 Å². The molecule has 130 valence electrons. The first kappa shape index (κ1) is 16.6. The summed E-state index contributed by atoms with van der Waals surface area (Å²) < 4.78 is 3.77. The molecule has 26 heavy (non-hydrogen) atoms. The molecule has 2 aromatic carbocycles. The Balaban J connectivity index is 1.75. The lowest BCUT2D eigenvalue weighted by Crippen LogP contribution is -2.13. The predicted molar refractivity (Wildman–Crippen MR) is 105 cm³/mol. The molecule has 4 rings (SSSR count). The van der Waals surface area contributed by atoms with Gasteiger partial charge in [0.05, 0.1) is 20.4 Å². The van der Waals surface area contributed by atoms with Crippen molar-refractivity contribution in [2.75, 3.05) is 5.32 Å². The molecular formula is C18H14N4O2S2. The highest BCUT2D eigenvalue weighted by Crippen LogP contribution is 2.23. The van der Waals surface area contributed by atoms with Crippen molar-refractivity contribution in [3.63, 3.8) is 0 Å². The fourth-order valence-electron chi connectivity index (χ4n) is 2.62. The molecule has 0 atom stereocenters. The van der Waals surface area contributed by atoms with Crippen LogP contribution in [0.2, 0.25) is 0 Å². The number of carbonyl (C=O) groups is 2. The van der Waals surface area contributed by atoms with Crippen LogP contribution in [-0.2, 0) is 11.8 Å². The van der Waals surface area contributed by atoms with Crippen molar-refractivity contribution in [3.8, 4) is 0 Å². The van der Waals surface area contributed by atoms with Crippen LogP contribution < -0.4 is 10.1 Å². The van der Waals surface area contributed by atoms with Crippen molar-refractivity contribution in [3.05, 3.63) is 52.3 Å². The normalized spacial score (nSPS) is 12.0. The standard InChI is InChI=1S/C18H14N4O2S2/c1-10(23)19-11-7-8-13-15(9-11)26-18(22(13)2)21-16(24)17-20-12-5-3-4-6-14(12)25-17/h3-9H,1-2H3,(H,19,23). The highest BCUT2D eigenvalue weighted by atomic mass is 32.1. The lowest BCUT2D eigenvalue weighted by Gasteiger charge is -2.01. The zero-order valence-corrected chi connectivity index (χ0v) is 15.6. The number of anilines is 1. The number of nitrogens with one attached hydrogen (secondary N) is 1. The molecule has 2 amide bonds. The van der Waals surface area contributed by atoms with Crippen LogP contribution in [0.3, 0.4) is 0 Å². The second-order valence-electron chi connectivity index (χ2n) is 5.71. The molecular weight excluding hydrogens is 368 g/mol. The molecule has 2 aromatic heterocycles. The highest BCUT2D eigenvalue weighted by molar-refractivity contribution is 7.20. The van der Waals surface area contributed by atoms with Crippen LogP contribution in [0.25, 0.3) is 20.4 Å². The minimum atomic E-state index is -0.351. The minimum Gasteiger partial charge on any atom is -0.326 e. The van der Waals surface area contributed by atoms with E-state index in [1.54, 1.807) is 0 Å². The number of benzene rings is 2. The number of thiazole rings is 2. The summed E-state index contributed by atoms with van der Waals surface area (Å²) in [5.41, 5.74) is 2.47. The summed E-state index contributed by atoms with van der Waals surface area (Å²) in [5, 5.41) is 3.14. The third-order valence-corrected chi connectivity index (χ3v) is 5.92. The van der Waals surface area contributed by atoms with Crippen molar-refractivity contribution in [2.24, 2.45) is 12.0 Å². The predicted octanol–water partition coefficient (Wildman–Crippen LogP) is 3.55. The Hall–Kier alpha value is -2.84. The average molecular weight is 382 g/mol. The number of amides is 2. The number of carbonyl (C=O) groups excluding carboxylic acids is 2. The maximum absolute atomic E-state index is 12.5. The molecule has 1 N–H and O–H groups in total. The number of fused-ring (bicyclic) bond motifs is 2. The van der Waals surface area contributed by atoms with Gasteiger partial charge in [0.15, 0.2) is 9.81 Å². The fraction of sp³-hybridized carbons (Fsp3) is 0.111. The van der Waals surface area contributed by atoms with Crippen LogP contribution in [0.5, 0.6) is 0 Å². The first-order valence-electron chi connectivity index (χ1n) is 7.83. The largest absolute Gasteiger partial charge is 0.326 e. The Morgan fingerprint density at radius 3 is 2.69 bits per heavy atom. The van der Waals surface area contributed by atoms with E-state index in [-0.39, 0.29) is 11.8 Å². The number of aromatic nitrogens is 2. The van der Waals surface area contributed by atoms with Gasteiger partial charge in [-0.2, -0.15) is 4.99 Å². The van der Waals surface area contributed by atoms with Crippen molar-refractivity contribution in [2.45, 2.75) is 6.92 Å². The number of hydrogen-bond donors (Lipinski definition) is 1. The second kappa shape index (κ2) is 6.47. The zero-order chi connectivity index (χ0) is 18.3. The number of hydrogen-bond acceptors (Lipinski definition) is 5. The van der Waals surface area contributed by atoms with E-state index >= 15 is 0 Å². The third kappa shape index (κ3) is 3.04. The average Bonchev–Trinajstić information content (AvgIpc) is 3.16. The Kier molecular flexibility index (Phi) is 4.14. The van der Waals surface area contributed by atoms with E-state index in [0.29, 0.717) is 9.81 Å². The molecule has 0 aliphatic heterocycles. The van der Waals surface area contributed by atoms with Crippen molar-refractivity contribution < 1.29 is 9.59 Å². The minimum absolute atomic E-state index is 0.124. The van der Waals surface area contributed by atoms with Crippen LogP contribution in [0.1, 0.15) is 16.7 Å². The molecule has 0 saturated heterocycles. The topological polar surface area (TPSA) is 76.3 Å². The van der Waals surface area contributed by atoms with Gasteiger partial charge in [-0.1, -0.05) is 23.5 Å². The molecule has 0 radical (unpaired) electrons. The first-order chi connectivity index (χ1) is 12.5. The number of nitrogens with zero attached hydrogens (tertiary/aromatic N) is 3. The van der Waals surface area contributed by atoms with E-state index in [1.165, 1.54) is 29.6 Å². The molecule has 0 aliphatic carbocycles. The van der Waals surface area contributed by atoms with Gasteiger partial charge < -0.3 is 9.88 Å². The van der Waals surface area contributed by atoms with Gasteiger partial charge >= 0.3 is 5.91 Å². The Morgan fingerprint density at radius 2 is 1.92 bits per heavy atom. The van der Waals surface area contributed by atoms with E-state index in [1.807, 2.05) is 54.1 Å². The van der Waals surface area contributed by atoms with Gasteiger partial charge in [0.1, 0.15) is 0 Å². The molecule has 0 saturated carbocycles. The van der Waals surface area contributed by atoms with E-state index in [4.69, 9.17) is 0 Å². The maximum atomic E-state index is 12.5. The molecule has 4 aromatic rings. The van der Waals surface area contributed by atoms with Crippen LogP contribution in [0, 0.1) is 0 Å². The number of rotatable bonds is 2. The Morgan fingerprint density at radius 1 is 1.12 bits per heavy atom. The third-order valence-electron chi connectivity index (χ3n) is 3.80. The summed E-state index contributed by atoms with van der Waals surface area (Å²) in [4.78, 5) is 33.0. The van der Waals surface area contributed by atoms with E-state index in [2.05, 4.69) is 15.3 Å². The van der Waals surface area contributed by atoms with Gasteiger partial charge in [0.25, 0.3) is 0 Å². The van der Waals surface area contributed by atoms with Gasteiger partial charge in [-0.05, 0) is 30.3 Å². The lowest BCUT2D eigenvalue weighted by atomic mass is 10.3. The molecule has 0 fully saturated rings. The summed E-state index contributed by atoms with van der Waals surface area (Å²) in [6.07, 6.45) is 0. The first-order valence-corrected chi connectivity index (χ1v) is 9.46. The number of para-hydroxylation sites is 1. The quantitative estimate of drug-likeness (QED) is 0.576. The Labute approximate surface area is 156 Å². The summed E-state index contributed by atoms with van der Waals surface area (Å²) >= 11 is 2.74. The summed E-state index contributed by atoms with van der Waals surface area (Å²) in [5.74, 6) is -0.475. The lowest BCUT2D eigenvalue weighted by molar-refractivity contribution is -0.114. The van der Waals surface area contributed by atoms with Crippen LogP contribution in [-0.4, -0.2) is 21.4 Å². The molecule has 0 aliphatic rings. The highest BCUT2D eigenvalue weighted by Gasteiger charge is 2.12. The fourth-order valence-corrected chi connectivity index (χ4v) is 4.53. The van der Waals surface area contributed by atoms with Gasteiger partial charge in [0, 0.05) is 19.7 Å². The van der Waals surface area contributed by atoms with Crippen molar-refractivity contribution >= 4 is 60.6 Å². The van der Waals surface area contributed by atoms with E-state index in [9.17, 15) is 9.59 Å². The molecule has 6 nitrogen and oxygen atoms in total. The monoisotopic (exact) mass is 382 g/mol. The molecule has 2 heterocycles. The molecule has 0 unspecified atom stereocenters. The molecule has 0 spiro atoms. The summed E-state index contributed by atoms with van der Waals surface area (Å²) in [6.45, 7) is 1.47. The zero-order valence-electron chi connectivity index (χ0n) is 14.0. The van der Waals surface area contributed by atoms with Crippen LogP contribution in [0.4, 0.5) is 5.69 Å².